The smallest absolute Gasteiger partial charge is 0.313 e. The van der Waals surface area contributed by atoms with Gasteiger partial charge in [0.1, 0.15) is 0 Å². The van der Waals surface area contributed by atoms with E-state index in [2.05, 4.69) is 26.6 Å². The van der Waals surface area contributed by atoms with Crippen molar-refractivity contribution >= 4 is 33.4 Å². The number of benzene rings is 1. The summed E-state index contributed by atoms with van der Waals surface area (Å²) < 4.78 is 0.912. The third kappa shape index (κ3) is 2.85. The zero-order valence-corrected chi connectivity index (χ0v) is 9.09. The monoisotopic (exact) mass is 256 g/mol. The van der Waals surface area contributed by atoms with E-state index in [-0.39, 0.29) is 0 Å². The topological polar surface area (TPSA) is 58.2 Å². The van der Waals surface area contributed by atoms with Gasteiger partial charge in [0.25, 0.3) is 0 Å². The number of likely N-dealkylation sites (N-methyl/N-ethyl adjacent to an activating group) is 1. The molecular formula is C9H9BrN2O2. The van der Waals surface area contributed by atoms with Crippen LogP contribution in [0, 0.1) is 0 Å². The Kier molecular flexibility index (Phi) is 3.64. The molecule has 0 aromatic heterocycles. The zero-order valence-electron chi connectivity index (χ0n) is 7.50. The van der Waals surface area contributed by atoms with Crippen molar-refractivity contribution in [3.05, 3.63) is 28.7 Å². The summed E-state index contributed by atoms with van der Waals surface area (Å²) in [5.74, 6) is -1.33. The molecule has 2 N–H and O–H groups in total. The van der Waals surface area contributed by atoms with Crippen molar-refractivity contribution in [3.8, 4) is 0 Å². The number of nitrogens with one attached hydrogen (secondary N) is 2. The first-order valence-corrected chi connectivity index (χ1v) is 4.71. The highest BCUT2D eigenvalue weighted by Crippen LogP contribution is 2.13. The van der Waals surface area contributed by atoms with Crippen molar-refractivity contribution in [2.45, 2.75) is 0 Å². The molecule has 14 heavy (non-hydrogen) atoms. The Bertz CT molecular complexity index is 348. The molecule has 74 valence electrons. The van der Waals surface area contributed by atoms with Crippen molar-refractivity contribution in [2.24, 2.45) is 0 Å². The second-order valence-corrected chi connectivity index (χ2v) is 3.46. The predicted octanol–water partition coefficient (Wildman–Crippen LogP) is 1.13. The van der Waals surface area contributed by atoms with Gasteiger partial charge in [0.05, 0.1) is 0 Å². The fourth-order valence-corrected chi connectivity index (χ4v) is 1.10. The minimum Gasteiger partial charge on any atom is -0.351 e. The summed E-state index contributed by atoms with van der Waals surface area (Å²) in [6, 6.07) is 6.95. The first kappa shape index (κ1) is 10.7. The minimum absolute atomic E-state index is 0.585. The van der Waals surface area contributed by atoms with Gasteiger partial charge in [0.2, 0.25) is 0 Å². The van der Waals surface area contributed by atoms with Gasteiger partial charge >= 0.3 is 11.8 Å². The van der Waals surface area contributed by atoms with E-state index < -0.39 is 11.8 Å². The van der Waals surface area contributed by atoms with E-state index in [0.29, 0.717) is 5.69 Å². The van der Waals surface area contributed by atoms with Crippen molar-refractivity contribution in [1.29, 1.82) is 0 Å². The second kappa shape index (κ2) is 4.76. The number of hydrogen-bond donors (Lipinski definition) is 2. The Hall–Kier alpha value is -1.36. The van der Waals surface area contributed by atoms with Crippen LogP contribution in [0.15, 0.2) is 28.7 Å². The molecule has 0 atom stereocenters. The lowest BCUT2D eigenvalue weighted by molar-refractivity contribution is -0.135. The highest BCUT2D eigenvalue weighted by atomic mass is 79.9. The quantitative estimate of drug-likeness (QED) is 0.741. The molecule has 1 aromatic rings. The van der Waals surface area contributed by atoms with Crippen molar-refractivity contribution in [1.82, 2.24) is 5.32 Å². The van der Waals surface area contributed by atoms with Crippen LogP contribution in [-0.4, -0.2) is 18.9 Å². The Morgan fingerprint density at radius 2 is 1.71 bits per heavy atom. The molecule has 0 aliphatic rings. The lowest BCUT2D eigenvalue weighted by Gasteiger charge is -2.03. The first-order valence-electron chi connectivity index (χ1n) is 3.92. The second-order valence-electron chi connectivity index (χ2n) is 2.54. The molecule has 0 aliphatic carbocycles. The van der Waals surface area contributed by atoms with Gasteiger partial charge < -0.3 is 10.6 Å². The summed E-state index contributed by atoms with van der Waals surface area (Å²) in [6.07, 6.45) is 0. The molecule has 4 nitrogen and oxygen atoms in total. The van der Waals surface area contributed by atoms with Crippen LogP contribution in [-0.2, 0) is 9.59 Å². The molecule has 0 saturated carbocycles. The van der Waals surface area contributed by atoms with Crippen molar-refractivity contribution < 1.29 is 9.59 Å². The van der Waals surface area contributed by atoms with E-state index in [0.717, 1.165) is 4.47 Å². The van der Waals surface area contributed by atoms with E-state index >= 15 is 0 Å². The van der Waals surface area contributed by atoms with Crippen molar-refractivity contribution in [2.75, 3.05) is 12.4 Å². The zero-order chi connectivity index (χ0) is 10.6. The lowest BCUT2D eigenvalue weighted by Crippen LogP contribution is -2.32. The van der Waals surface area contributed by atoms with E-state index in [1.165, 1.54) is 7.05 Å². The highest BCUT2D eigenvalue weighted by Gasteiger charge is 2.10. The lowest BCUT2D eigenvalue weighted by atomic mass is 10.3. The predicted molar refractivity (Wildman–Crippen MR) is 56.8 cm³/mol. The molecule has 0 spiro atoms. The molecule has 0 radical (unpaired) electrons. The largest absolute Gasteiger partial charge is 0.351 e. The Morgan fingerprint density at radius 3 is 2.21 bits per heavy atom. The normalized spacial score (nSPS) is 9.29. The van der Waals surface area contributed by atoms with Crippen LogP contribution in [0.4, 0.5) is 5.69 Å². The summed E-state index contributed by atoms with van der Waals surface area (Å²) in [5.41, 5.74) is 0.585. The van der Waals surface area contributed by atoms with Gasteiger partial charge in [-0.25, -0.2) is 0 Å². The highest BCUT2D eigenvalue weighted by molar-refractivity contribution is 9.10. The number of carbonyl (C=O) groups is 2. The third-order valence-electron chi connectivity index (χ3n) is 1.54. The van der Waals surface area contributed by atoms with Crippen LogP contribution in [0.3, 0.4) is 0 Å². The maximum absolute atomic E-state index is 11.1. The number of rotatable bonds is 1. The van der Waals surface area contributed by atoms with Crippen LogP contribution >= 0.6 is 15.9 Å². The van der Waals surface area contributed by atoms with Crippen molar-refractivity contribution in [3.63, 3.8) is 0 Å². The maximum atomic E-state index is 11.1. The summed E-state index contributed by atoms with van der Waals surface area (Å²) in [4.78, 5) is 21.9. The molecule has 2 amide bonds. The Balaban J connectivity index is 2.65. The molecule has 0 heterocycles. The van der Waals surface area contributed by atoms with Crippen LogP contribution in [0.1, 0.15) is 0 Å². The Morgan fingerprint density at radius 1 is 1.14 bits per heavy atom. The molecule has 0 fully saturated rings. The molecule has 0 saturated heterocycles. The van der Waals surface area contributed by atoms with E-state index in [4.69, 9.17) is 0 Å². The number of carbonyl (C=O) groups excluding carboxylic acids is 2. The van der Waals surface area contributed by atoms with E-state index in [1.54, 1.807) is 24.3 Å². The molecule has 5 heteroatoms. The molecule has 0 bridgehead atoms. The van der Waals surface area contributed by atoms with Gasteiger partial charge in [-0.15, -0.1) is 0 Å². The van der Waals surface area contributed by atoms with Gasteiger partial charge in [-0.3, -0.25) is 9.59 Å². The van der Waals surface area contributed by atoms with Crippen LogP contribution < -0.4 is 10.6 Å². The summed E-state index contributed by atoms with van der Waals surface area (Å²) in [5, 5.41) is 4.68. The van der Waals surface area contributed by atoms with E-state index in [1.807, 2.05) is 0 Å². The van der Waals surface area contributed by atoms with Gasteiger partial charge in [0, 0.05) is 17.2 Å². The average Bonchev–Trinajstić information content (AvgIpc) is 2.20. The first-order chi connectivity index (χ1) is 6.63. The van der Waals surface area contributed by atoms with E-state index in [9.17, 15) is 9.59 Å². The van der Waals surface area contributed by atoms with Crippen LogP contribution in [0.25, 0.3) is 0 Å². The molecule has 0 aliphatic heterocycles. The summed E-state index contributed by atoms with van der Waals surface area (Å²) >= 11 is 3.26. The number of anilines is 1. The van der Waals surface area contributed by atoms with Gasteiger partial charge in [-0.2, -0.15) is 0 Å². The third-order valence-corrected chi connectivity index (χ3v) is 2.06. The number of hydrogen-bond acceptors (Lipinski definition) is 2. The SMILES string of the molecule is CNC(=O)C(=O)Nc1ccc(Br)cc1. The minimum atomic E-state index is -0.671. The molecule has 0 unspecified atom stereocenters. The maximum Gasteiger partial charge on any atom is 0.313 e. The molecule has 1 rings (SSSR count). The standard InChI is InChI=1S/C9H9BrN2O2/c1-11-8(13)9(14)12-7-4-2-6(10)3-5-7/h2-5H,1H3,(H,11,13)(H,12,14). The van der Waals surface area contributed by atoms with Gasteiger partial charge in [0.15, 0.2) is 0 Å². The summed E-state index contributed by atoms with van der Waals surface area (Å²) in [6.45, 7) is 0. The van der Waals surface area contributed by atoms with Crippen LogP contribution in [0.5, 0.6) is 0 Å². The number of halogens is 1. The molecular weight excluding hydrogens is 248 g/mol. The number of amides is 2. The fourth-order valence-electron chi connectivity index (χ4n) is 0.835. The fraction of sp³-hybridized carbons (Fsp3) is 0.111. The van der Waals surface area contributed by atoms with Gasteiger partial charge in [-0.1, -0.05) is 15.9 Å². The molecule has 1 aromatic carbocycles. The Labute approximate surface area is 89.8 Å². The average molecular weight is 257 g/mol. The van der Waals surface area contributed by atoms with Gasteiger partial charge in [-0.05, 0) is 24.3 Å². The summed E-state index contributed by atoms with van der Waals surface area (Å²) in [7, 11) is 1.41. The van der Waals surface area contributed by atoms with Crippen LogP contribution in [0.2, 0.25) is 0 Å².